The quantitative estimate of drug-likeness (QED) is 0.534. The molecule has 2 aliphatic heterocycles. The zero-order chi connectivity index (χ0) is 20.2. The molecule has 6 nitrogen and oxygen atoms in total. The predicted molar refractivity (Wildman–Crippen MR) is 122 cm³/mol. The molecule has 158 valence electrons. The first-order valence-corrected chi connectivity index (χ1v) is 11.9. The van der Waals surface area contributed by atoms with Crippen LogP contribution in [-0.4, -0.2) is 65.8 Å². The summed E-state index contributed by atoms with van der Waals surface area (Å²) in [6, 6.07) is 4.12. The van der Waals surface area contributed by atoms with Crippen LogP contribution in [0, 0.1) is 5.92 Å². The molecule has 2 aliphatic rings. The number of rotatable bonds is 7. The standard InChI is InChI=1S/C23H29N5OS/c1-2-10-27(9-1)13-14-29-15-18-5-11-28(12-6-18)22-21-20(19-3-7-24-8-4-19)16-30-23(21)26-17-25-22/h3-4,7-8,16-18H,1-2,5-6,9-15H2. The fraction of sp³-hybridized carbons (Fsp3) is 0.522. The molecule has 5 rings (SSSR count). The van der Waals surface area contributed by atoms with Gasteiger partial charge in [-0.15, -0.1) is 11.3 Å². The smallest absolute Gasteiger partial charge is 0.141 e. The van der Waals surface area contributed by atoms with Crippen molar-refractivity contribution in [2.75, 3.05) is 50.8 Å². The Hall–Kier alpha value is -2.09. The van der Waals surface area contributed by atoms with Crippen molar-refractivity contribution in [2.45, 2.75) is 25.7 Å². The van der Waals surface area contributed by atoms with Crippen LogP contribution in [0.25, 0.3) is 21.3 Å². The van der Waals surface area contributed by atoms with Crippen molar-refractivity contribution in [3.8, 4) is 11.1 Å². The summed E-state index contributed by atoms with van der Waals surface area (Å²) >= 11 is 1.69. The molecule has 0 spiro atoms. The van der Waals surface area contributed by atoms with Gasteiger partial charge in [-0.2, -0.15) is 0 Å². The van der Waals surface area contributed by atoms with Gasteiger partial charge in [-0.25, -0.2) is 9.97 Å². The number of piperidine rings is 1. The summed E-state index contributed by atoms with van der Waals surface area (Å²) in [5.74, 6) is 1.72. The Kier molecular flexibility index (Phi) is 6.20. The lowest BCUT2D eigenvalue weighted by atomic mass is 9.97. The van der Waals surface area contributed by atoms with Crippen molar-refractivity contribution >= 4 is 27.4 Å². The fourth-order valence-electron chi connectivity index (χ4n) is 4.60. The number of hydrogen-bond acceptors (Lipinski definition) is 7. The monoisotopic (exact) mass is 423 g/mol. The maximum absolute atomic E-state index is 6.02. The zero-order valence-corrected chi connectivity index (χ0v) is 18.2. The highest BCUT2D eigenvalue weighted by Gasteiger charge is 2.24. The van der Waals surface area contributed by atoms with Crippen molar-refractivity contribution in [3.05, 3.63) is 36.2 Å². The van der Waals surface area contributed by atoms with Crippen LogP contribution in [0.4, 0.5) is 5.82 Å². The first-order valence-electron chi connectivity index (χ1n) is 11.1. The van der Waals surface area contributed by atoms with Crippen molar-refractivity contribution < 1.29 is 4.74 Å². The first kappa shape index (κ1) is 19.8. The minimum atomic E-state index is 0.652. The molecule has 2 saturated heterocycles. The number of anilines is 1. The molecule has 5 heterocycles. The summed E-state index contributed by atoms with van der Waals surface area (Å²) in [5, 5.41) is 3.37. The third-order valence-electron chi connectivity index (χ3n) is 6.36. The number of likely N-dealkylation sites (tertiary alicyclic amines) is 1. The predicted octanol–water partition coefficient (Wildman–Crippen LogP) is 4.08. The SMILES string of the molecule is c1cc(-c2csc3ncnc(N4CCC(COCCN5CCCC5)CC4)c23)ccn1. The number of thiophene rings is 1. The van der Waals surface area contributed by atoms with E-state index in [1.54, 1.807) is 17.7 Å². The molecule has 30 heavy (non-hydrogen) atoms. The van der Waals surface area contributed by atoms with Gasteiger partial charge in [0.05, 0.1) is 12.0 Å². The van der Waals surface area contributed by atoms with Gasteiger partial charge in [-0.05, 0) is 62.4 Å². The largest absolute Gasteiger partial charge is 0.380 e. The summed E-state index contributed by atoms with van der Waals surface area (Å²) in [5.41, 5.74) is 2.38. The molecule has 7 heteroatoms. The molecule has 0 unspecified atom stereocenters. The summed E-state index contributed by atoms with van der Waals surface area (Å²) in [4.78, 5) is 19.4. The second kappa shape index (κ2) is 9.37. The van der Waals surface area contributed by atoms with Gasteiger partial charge in [0.25, 0.3) is 0 Å². The molecule has 0 aliphatic carbocycles. The molecule has 0 atom stereocenters. The highest BCUT2D eigenvalue weighted by Crippen LogP contribution is 2.38. The van der Waals surface area contributed by atoms with Gasteiger partial charge in [0.15, 0.2) is 0 Å². The molecule has 0 radical (unpaired) electrons. The zero-order valence-electron chi connectivity index (χ0n) is 17.4. The molecular weight excluding hydrogens is 394 g/mol. The molecule has 0 aromatic carbocycles. The van der Waals surface area contributed by atoms with Crippen molar-refractivity contribution in [1.82, 2.24) is 19.9 Å². The molecule has 2 fully saturated rings. The van der Waals surface area contributed by atoms with Crippen LogP contribution in [0.15, 0.2) is 36.2 Å². The Morgan fingerprint density at radius 2 is 1.83 bits per heavy atom. The van der Waals surface area contributed by atoms with E-state index >= 15 is 0 Å². The third kappa shape index (κ3) is 4.33. The van der Waals surface area contributed by atoms with Crippen LogP contribution in [0.5, 0.6) is 0 Å². The average molecular weight is 424 g/mol. The van der Waals surface area contributed by atoms with Gasteiger partial charge < -0.3 is 14.5 Å². The molecule has 3 aromatic rings. The normalized spacial score (nSPS) is 18.5. The number of ether oxygens (including phenoxy) is 1. The Morgan fingerprint density at radius 3 is 2.63 bits per heavy atom. The Morgan fingerprint density at radius 1 is 1.03 bits per heavy atom. The highest BCUT2D eigenvalue weighted by molar-refractivity contribution is 7.17. The van der Waals surface area contributed by atoms with Gasteiger partial charge in [0, 0.05) is 49.6 Å². The van der Waals surface area contributed by atoms with Crippen LogP contribution >= 0.6 is 11.3 Å². The second-order valence-corrected chi connectivity index (χ2v) is 9.17. The van der Waals surface area contributed by atoms with Crippen molar-refractivity contribution in [3.63, 3.8) is 0 Å². The van der Waals surface area contributed by atoms with Crippen molar-refractivity contribution in [2.24, 2.45) is 5.92 Å². The number of aromatic nitrogens is 3. The van der Waals surface area contributed by atoms with E-state index < -0.39 is 0 Å². The van der Waals surface area contributed by atoms with E-state index in [2.05, 4.69) is 37.3 Å². The molecule has 0 saturated carbocycles. The van der Waals surface area contributed by atoms with E-state index in [1.165, 1.54) is 42.4 Å². The number of hydrogen-bond donors (Lipinski definition) is 0. The Labute approximate surface area is 181 Å². The van der Waals surface area contributed by atoms with Gasteiger partial charge in [0.2, 0.25) is 0 Å². The highest BCUT2D eigenvalue weighted by atomic mass is 32.1. The van der Waals surface area contributed by atoms with Crippen molar-refractivity contribution in [1.29, 1.82) is 0 Å². The minimum absolute atomic E-state index is 0.652. The number of pyridine rings is 1. The molecular formula is C23H29N5OS. The van der Waals surface area contributed by atoms with E-state index in [0.29, 0.717) is 5.92 Å². The molecule has 3 aromatic heterocycles. The molecule has 0 N–H and O–H groups in total. The lowest BCUT2D eigenvalue weighted by molar-refractivity contribution is 0.0753. The second-order valence-electron chi connectivity index (χ2n) is 8.32. The molecule has 0 bridgehead atoms. The number of nitrogens with zero attached hydrogens (tertiary/aromatic N) is 5. The summed E-state index contributed by atoms with van der Waals surface area (Å²) in [6.45, 7) is 7.40. The van der Waals surface area contributed by atoms with E-state index in [-0.39, 0.29) is 0 Å². The van der Waals surface area contributed by atoms with E-state index in [4.69, 9.17) is 9.72 Å². The van der Waals surface area contributed by atoms with E-state index in [0.717, 1.165) is 56.3 Å². The van der Waals surface area contributed by atoms with Crippen LogP contribution in [-0.2, 0) is 4.74 Å². The van der Waals surface area contributed by atoms with E-state index in [9.17, 15) is 0 Å². The third-order valence-corrected chi connectivity index (χ3v) is 7.25. The number of fused-ring (bicyclic) bond motifs is 1. The maximum atomic E-state index is 6.02. The fourth-order valence-corrected chi connectivity index (χ4v) is 5.51. The van der Waals surface area contributed by atoms with Crippen LogP contribution in [0.2, 0.25) is 0 Å². The van der Waals surface area contributed by atoms with Crippen LogP contribution < -0.4 is 4.90 Å². The van der Waals surface area contributed by atoms with E-state index in [1.807, 2.05) is 12.4 Å². The maximum Gasteiger partial charge on any atom is 0.141 e. The van der Waals surface area contributed by atoms with Crippen LogP contribution in [0.1, 0.15) is 25.7 Å². The van der Waals surface area contributed by atoms with Gasteiger partial charge >= 0.3 is 0 Å². The lowest BCUT2D eigenvalue weighted by Crippen LogP contribution is -2.36. The average Bonchev–Trinajstić information content (AvgIpc) is 3.48. The topological polar surface area (TPSA) is 54.4 Å². The lowest BCUT2D eigenvalue weighted by Gasteiger charge is -2.33. The summed E-state index contributed by atoms with van der Waals surface area (Å²) in [7, 11) is 0. The Balaban J connectivity index is 1.21. The van der Waals surface area contributed by atoms with Gasteiger partial charge in [0.1, 0.15) is 17.0 Å². The first-order chi connectivity index (χ1) is 14.9. The summed E-state index contributed by atoms with van der Waals surface area (Å²) in [6.07, 6.45) is 10.4. The van der Waals surface area contributed by atoms with Gasteiger partial charge in [-0.1, -0.05) is 0 Å². The van der Waals surface area contributed by atoms with Crippen LogP contribution in [0.3, 0.4) is 0 Å². The minimum Gasteiger partial charge on any atom is -0.380 e. The Bertz CT molecular complexity index is 949. The van der Waals surface area contributed by atoms with Gasteiger partial charge in [-0.3, -0.25) is 4.98 Å². The molecule has 0 amide bonds. The summed E-state index contributed by atoms with van der Waals surface area (Å²) < 4.78 is 6.02.